The molecule has 234 valence electrons. The summed E-state index contributed by atoms with van der Waals surface area (Å²) in [5.74, 6) is -12.9. The summed E-state index contributed by atoms with van der Waals surface area (Å²) >= 11 is 0. The van der Waals surface area contributed by atoms with Crippen LogP contribution in [0, 0.1) is 29.6 Å². The summed E-state index contributed by atoms with van der Waals surface area (Å²) in [5.41, 5.74) is 0.00193. The lowest BCUT2D eigenvalue weighted by Gasteiger charge is -2.52. The number of alkyl halides is 3. The van der Waals surface area contributed by atoms with Gasteiger partial charge in [-0.05, 0) is 75.9 Å². The zero-order chi connectivity index (χ0) is 31.8. The van der Waals surface area contributed by atoms with Crippen LogP contribution in [0.3, 0.4) is 0 Å². The molecule has 10 nitrogen and oxygen atoms in total. The molecule has 3 saturated carbocycles. The zero-order valence-electron chi connectivity index (χ0n) is 24.2. The van der Waals surface area contributed by atoms with Gasteiger partial charge in [-0.15, -0.1) is 0 Å². The van der Waals surface area contributed by atoms with Crippen molar-refractivity contribution in [2.24, 2.45) is 35.3 Å². The SMILES string of the molecule is CN(Cc1cc(O)c2c(c1C(F)(F)F)C[C@H]1C[C@H]3[C@H](N(C)C)C(=O)C(C(N)=O)C(=O)[C@@]3(O)C(=O)C1C2=O)CC1CCCC1. The van der Waals surface area contributed by atoms with Gasteiger partial charge in [-0.25, -0.2) is 0 Å². The smallest absolute Gasteiger partial charge is 0.417 e. The number of halogens is 3. The summed E-state index contributed by atoms with van der Waals surface area (Å²) in [7, 11) is 4.57. The van der Waals surface area contributed by atoms with Crippen LogP contribution in [0.4, 0.5) is 13.2 Å². The maximum atomic E-state index is 14.7. The van der Waals surface area contributed by atoms with E-state index in [1.807, 2.05) is 0 Å². The number of Topliss-reactive ketones (excluding diaryl/α,β-unsaturated/α-hetero) is 4. The molecule has 1 amide bonds. The third kappa shape index (κ3) is 4.89. The normalized spacial score (nSPS) is 31.4. The van der Waals surface area contributed by atoms with E-state index in [9.17, 15) is 47.4 Å². The number of aliphatic hydroxyl groups is 1. The Bertz CT molecular complexity index is 1400. The molecule has 0 bridgehead atoms. The molecule has 0 saturated heterocycles. The molecular weight excluding hydrogens is 571 g/mol. The highest BCUT2D eigenvalue weighted by Crippen LogP contribution is 2.52. The highest BCUT2D eigenvalue weighted by atomic mass is 19.4. The number of ketones is 4. The molecule has 3 fully saturated rings. The largest absolute Gasteiger partial charge is 0.507 e. The molecule has 1 aromatic rings. The van der Waals surface area contributed by atoms with Crippen LogP contribution in [0.5, 0.6) is 5.75 Å². The van der Waals surface area contributed by atoms with Crippen LogP contribution in [0.25, 0.3) is 0 Å². The van der Waals surface area contributed by atoms with Crippen molar-refractivity contribution in [1.29, 1.82) is 0 Å². The molecular formula is C30H36F3N3O7. The van der Waals surface area contributed by atoms with Gasteiger partial charge in [-0.1, -0.05) is 12.8 Å². The summed E-state index contributed by atoms with van der Waals surface area (Å²) < 4.78 is 44.1. The average Bonchev–Trinajstić information content (AvgIpc) is 3.37. The third-order valence-electron chi connectivity index (χ3n) is 9.91. The van der Waals surface area contributed by atoms with Gasteiger partial charge in [0.25, 0.3) is 0 Å². The summed E-state index contributed by atoms with van der Waals surface area (Å²) in [6.45, 7) is 0.448. The zero-order valence-corrected chi connectivity index (χ0v) is 24.2. The molecule has 13 heteroatoms. The lowest BCUT2D eigenvalue weighted by molar-refractivity contribution is -0.181. The first-order valence-corrected chi connectivity index (χ1v) is 14.5. The summed E-state index contributed by atoms with van der Waals surface area (Å²) in [6, 6.07) is -0.432. The number of carbonyl (C=O) groups excluding carboxylic acids is 5. The Kier molecular flexibility index (Phi) is 7.84. The number of nitrogens with two attached hydrogens (primary N) is 1. The van der Waals surface area contributed by atoms with Crippen molar-refractivity contribution in [3.63, 3.8) is 0 Å². The third-order valence-corrected chi connectivity index (χ3v) is 9.91. The second-order valence-corrected chi connectivity index (χ2v) is 12.9. The maximum Gasteiger partial charge on any atom is 0.417 e. The first-order chi connectivity index (χ1) is 20.0. The van der Waals surface area contributed by atoms with E-state index in [0.29, 0.717) is 12.5 Å². The number of hydrogen-bond donors (Lipinski definition) is 3. The number of benzene rings is 1. The van der Waals surface area contributed by atoms with Gasteiger partial charge < -0.3 is 20.8 Å². The molecule has 0 aromatic heterocycles. The number of hydrogen-bond acceptors (Lipinski definition) is 9. The molecule has 4 aliphatic carbocycles. The van der Waals surface area contributed by atoms with E-state index < -0.39 is 99.4 Å². The predicted molar refractivity (Wildman–Crippen MR) is 145 cm³/mol. The number of rotatable bonds is 6. The quantitative estimate of drug-likeness (QED) is 0.408. The van der Waals surface area contributed by atoms with Crippen molar-refractivity contribution in [3.8, 4) is 5.75 Å². The number of phenols is 1. The molecule has 4 N–H and O–H groups in total. The summed E-state index contributed by atoms with van der Waals surface area (Å²) in [5, 5.41) is 22.5. The second-order valence-electron chi connectivity index (χ2n) is 12.9. The van der Waals surface area contributed by atoms with E-state index >= 15 is 0 Å². The number of primary amides is 1. The van der Waals surface area contributed by atoms with Gasteiger partial charge in [0.1, 0.15) is 5.75 Å². The highest BCUT2D eigenvalue weighted by molar-refractivity contribution is 6.32. The Morgan fingerprint density at radius 1 is 1.09 bits per heavy atom. The number of aromatic hydroxyl groups is 1. The summed E-state index contributed by atoms with van der Waals surface area (Å²) in [6.07, 6.45) is -1.55. The van der Waals surface area contributed by atoms with Crippen molar-refractivity contribution >= 4 is 29.0 Å². The Morgan fingerprint density at radius 3 is 2.28 bits per heavy atom. The van der Waals surface area contributed by atoms with Crippen LogP contribution >= 0.6 is 0 Å². The minimum atomic E-state index is -4.90. The topological polar surface area (TPSA) is 158 Å². The number of nitrogens with zero attached hydrogens (tertiary/aromatic N) is 2. The van der Waals surface area contributed by atoms with Crippen LogP contribution in [0.1, 0.15) is 59.2 Å². The molecule has 4 aliphatic rings. The van der Waals surface area contributed by atoms with Crippen molar-refractivity contribution in [1.82, 2.24) is 9.80 Å². The average molecular weight is 608 g/mol. The Morgan fingerprint density at radius 2 is 1.72 bits per heavy atom. The first kappa shape index (κ1) is 31.3. The number of phenolic OH excluding ortho intramolecular Hbond substituents is 1. The fraction of sp³-hybridized carbons (Fsp3) is 0.633. The van der Waals surface area contributed by atoms with Gasteiger partial charge in [0.05, 0.1) is 23.1 Å². The van der Waals surface area contributed by atoms with Crippen LogP contribution < -0.4 is 5.73 Å². The van der Waals surface area contributed by atoms with Gasteiger partial charge in [0, 0.05) is 19.0 Å². The Labute approximate surface area is 246 Å². The van der Waals surface area contributed by atoms with Crippen LogP contribution in [0.15, 0.2) is 6.07 Å². The van der Waals surface area contributed by atoms with Gasteiger partial charge in [-0.2, -0.15) is 13.2 Å². The van der Waals surface area contributed by atoms with Crippen LogP contribution in [0.2, 0.25) is 0 Å². The molecule has 2 unspecified atom stereocenters. The minimum Gasteiger partial charge on any atom is -0.507 e. The maximum absolute atomic E-state index is 14.7. The van der Waals surface area contributed by atoms with Gasteiger partial charge in [-0.3, -0.25) is 28.9 Å². The van der Waals surface area contributed by atoms with Crippen molar-refractivity contribution in [3.05, 3.63) is 28.3 Å². The molecule has 0 radical (unpaired) electrons. The van der Waals surface area contributed by atoms with Gasteiger partial charge in [0.15, 0.2) is 34.7 Å². The van der Waals surface area contributed by atoms with Gasteiger partial charge in [0.2, 0.25) is 5.91 Å². The highest BCUT2D eigenvalue weighted by Gasteiger charge is 2.69. The molecule has 1 aromatic carbocycles. The van der Waals surface area contributed by atoms with E-state index in [-0.39, 0.29) is 18.5 Å². The lowest BCUT2D eigenvalue weighted by atomic mass is 9.52. The number of likely N-dealkylation sites (N-methyl/N-ethyl adjacent to an activating group) is 1. The predicted octanol–water partition coefficient (Wildman–Crippen LogP) is 1.51. The molecule has 0 spiro atoms. The van der Waals surface area contributed by atoms with Crippen LogP contribution in [-0.4, -0.2) is 88.4 Å². The standard InChI is InChI=1S/C30H36F3N3O7/c1-35(2)23-17-9-14-8-16-20(24(38)19(14)26(40)29(17,43)27(41)21(25(23)39)28(34)42)18(37)10-15(22(16)30(31,32)33)12-36(3)11-13-6-4-5-7-13/h10,13-14,17,19,21,23,37,43H,4-9,11-12H2,1-3H3,(H2,34,42)/t14-,17-,19?,21?,23-,29-/m0/s1. The van der Waals surface area contributed by atoms with Crippen molar-refractivity contribution in [2.75, 3.05) is 27.7 Å². The number of fused-ring (bicyclic) bond motifs is 3. The lowest BCUT2D eigenvalue weighted by Crippen LogP contribution is -2.74. The van der Waals surface area contributed by atoms with E-state index in [1.165, 1.54) is 19.0 Å². The summed E-state index contributed by atoms with van der Waals surface area (Å²) in [4.78, 5) is 69.4. The fourth-order valence-electron chi connectivity index (χ4n) is 8.21. The number of amides is 1. The van der Waals surface area contributed by atoms with E-state index in [4.69, 9.17) is 5.73 Å². The van der Waals surface area contributed by atoms with Crippen molar-refractivity contribution in [2.45, 2.75) is 62.9 Å². The van der Waals surface area contributed by atoms with Crippen molar-refractivity contribution < 1.29 is 47.4 Å². The van der Waals surface area contributed by atoms with E-state index in [2.05, 4.69) is 0 Å². The minimum absolute atomic E-state index is 0.129. The Hall–Kier alpha value is -3.16. The molecule has 5 rings (SSSR count). The molecule has 6 atom stereocenters. The second kappa shape index (κ2) is 10.8. The van der Waals surface area contributed by atoms with Crippen LogP contribution in [-0.2, 0) is 38.3 Å². The first-order valence-electron chi connectivity index (χ1n) is 14.5. The van der Waals surface area contributed by atoms with E-state index in [1.54, 1.807) is 11.9 Å². The monoisotopic (exact) mass is 607 g/mol. The molecule has 0 heterocycles. The molecule has 43 heavy (non-hydrogen) atoms. The Balaban J connectivity index is 1.59. The van der Waals surface area contributed by atoms with E-state index in [0.717, 1.165) is 31.7 Å². The van der Waals surface area contributed by atoms with Gasteiger partial charge >= 0.3 is 6.18 Å². The molecule has 0 aliphatic heterocycles. The number of carbonyl (C=O) groups is 5. The fourth-order valence-corrected chi connectivity index (χ4v) is 8.21.